The number of halogens is 2. The summed E-state index contributed by atoms with van der Waals surface area (Å²) in [5.74, 6) is -2.73. The van der Waals surface area contributed by atoms with E-state index >= 15 is 0 Å². The van der Waals surface area contributed by atoms with Crippen LogP contribution < -0.4 is 5.32 Å². The molecule has 0 aliphatic carbocycles. The summed E-state index contributed by atoms with van der Waals surface area (Å²) >= 11 is 0. The molecule has 0 aromatic heterocycles. The van der Waals surface area contributed by atoms with E-state index < -0.39 is 16.9 Å². The molecule has 3 heteroatoms. The number of alkyl halides is 2. The van der Waals surface area contributed by atoms with E-state index in [9.17, 15) is 8.78 Å². The van der Waals surface area contributed by atoms with Gasteiger partial charge in [-0.15, -0.1) is 0 Å². The van der Waals surface area contributed by atoms with Crippen molar-refractivity contribution in [3.8, 4) is 0 Å². The molecule has 12 heavy (non-hydrogen) atoms. The number of hydrogen-bond donors (Lipinski definition) is 1. The summed E-state index contributed by atoms with van der Waals surface area (Å²) in [6.07, 6.45) is 0. The molecule has 0 aromatic rings. The predicted octanol–water partition coefficient (Wildman–Crippen LogP) is 2.67. The Morgan fingerprint density at radius 2 is 1.25 bits per heavy atom. The standard InChI is InChI=1S/C9H19F2N/c1-7(2,3)9(10,11)8(4,5)12-6/h12H,1-6H3. The normalized spacial score (nSPS) is 15.0. The van der Waals surface area contributed by atoms with Gasteiger partial charge in [-0.2, -0.15) is 0 Å². The van der Waals surface area contributed by atoms with Crippen molar-refractivity contribution < 1.29 is 8.78 Å². The molecule has 0 amide bonds. The fourth-order valence-electron chi connectivity index (χ4n) is 1.09. The zero-order valence-corrected chi connectivity index (χ0v) is 8.76. The number of hydrogen-bond acceptors (Lipinski definition) is 1. The summed E-state index contributed by atoms with van der Waals surface area (Å²) in [5.41, 5.74) is -2.18. The highest BCUT2D eigenvalue weighted by Gasteiger charge is 2.54. The van der Waals surface area contributed by atoms with E-state index in [2.05, 4.69) is 5.32 Å². The van der Waals surface area contributed by atoms with Crippen molar-refractivity contribution in [3.63, 3.8) is 0 Å². The second-order valence-electron chi connectivity index (χ2n) is 4.70. The van der Waals surface area contributed by atoms with Gasteiger partial charge in [0.2, 0.25) is 0 Å². The summed E-state index contributed by atoms with van der Waals surface area (Å²) in [5, 5.41) is 2.64. The molecule has 0 spiro atoms. The SMILES string of the molecule is CNC(C)(C)C(F)(F)C(C)(C)C. The Bertz CT molecular complexity index is 156. The van der Waals surface area contributed by atoms with E-state index in [1.165, 1.54) is 13.8 Å². The second-order valence-corrected chi connectivity index (χ2v) is 4.70. The van der Waals surface area contributed by atoms with E-state index in [0.29, 0.717) is 0 Å². The molecule has 0 saturated heterocycles. The molecule has 0 aliphatic rings. The first-order chi connectivity index (χ1) is 5.06. The number of nitrogens with one attached hydrogen (secondary N) is 1. The lowest BCUT2D eigenvalue weighted by Crippen LogP contribution is -2.58. The molecule has 0 heterocycles. The predicted molar refractivity (Wildman–Crippen MR) is 47.5 cm³/mol. The Labute approximate surface area is 73.5 Å². The van der Waals surface area contributed by atoms with Gasteiger partial charge < -0.3 is 5.32 Å². The minimum Gasteiger partial charge on any atom is -0.310 e. The molecule has 74 valence electrons. The Kier molecular flexibility index (Phi) is 2.90. The quantitative estimate of drug-likeness (QED) is 0.687. The summed E-state index contributed by atoms with van der Waals surface area (Å²) in [6, 6.07) is 0. The van der Waals surface area contributed by atoms with Crippen LogP contribution in [0.3, 0.4) is 0 Å². The monoisotopic (exact) mass is 179 g/mol. The lowest BCUT2D eigenvalue weighted by atomic mass is 9.77. The van der Waals surface area contributed by atoms with Gasteiger partial charge in [-0.05, 0) is 20.9 Å². The van der Waals surface area contributed by atoms with E-state index in [1.807, 2.05) is 0 Å². The van der Waals surface area contributed by atoms with Crippen molar-refractivity contribution in [2.24, 2.45) is 5.41 Å². The van der Waals surface area contributed by atoms with Crippen molar-refractivity contribution in [1.29, 1.82) is 0 Å². The molecular formula is C9H19F2N. The molecule has 0 fully saturated rings. The molecule has 0 aromatic carbocycles. The van der Waals surface area contributed by atoms with Gasteiger partial charge in [0.25, 0.3) is 5.92 Å². The van der Waals surface area contributed by atoms with Crippen molar-refractivity contribution in [2.75, 3.05) is 7.05 Å². The minimum atomic E-state index is -2.73. The fraction of sp³-hybridized carbons (Fsp3) is 1.00. The topological polar surface area (TPSA) is 12.0 Å². The van der Waals surface area contributed by atoms with Crippen LogP contribution in [0.15, 0.2) is 0 Å². The van der Waals surface area contributed by atoms with Gasteiger partial charge in [-0.25, -0.2) is 8.78 Å². The van der Waals surface area contributed by atoms with Crippen molar-refractivity contribution in [2.45, 2.75) is 46.1 Å². The fourth-order valence-corrected chi connectivity index (χ4v) is 1.09. The van der Waals surface area contributed by atoms with Crippen molar-refractivity contribution in [1.82, 2.24) is 5.32 Å². The molecule has 1 N–H and O–H groups in total. The number of rotatable bonds is 2. The molecule has 0 aliphatic heterocycles. The highest BCUT2D eigenvalue weighted by atomic mass is 19.3. The van der Waals surface area contributed by atoms with E-state index in [1.54, 1.807) is 27.8 Å². The van der Waals surface area contributed by atoms with Gasteiger partial charge in [0.15, 0.2) is 0 Å². The van der Waals surface area contributed by atoms with Crippen LogP contribution in [0, 0.1) is 5.41 Å². The molecular weight excluding hydrogens is 160 g/mol. The van der Waals surface area contributed by atoms with E-state index in [-0.39, 0.29) is 0 Å². The lowest BCUT2D eigenvalue weighted by molar-refractivity contribution is -0.153. The minimum absolute atomic E-state index is 1.01. The Morgan fingerprint density at radius 1 is 0.917 bits per heavy atom. The first-order valence-electron chi connectivity index (χ1n) is 4.13. The highest BCUT2D eigenvalue weighted by molar-refractivity contribution is 4.99. The van der Waals surface area contributed by atoms with Crippen LogP contribution in [0.5, 0.6) is 0 Å². The van der Waals surface area contributed by atoms with Crippen LogP contribution in [-0.4, -0.2) is 18.5 Å². The first-order valence-corrected chi connectivity index (χ1v) is 4.13. The van der Waals surface area contributed by atoms with Gasteiger partial charge >= 0.3 is 0 Å². The smallest absolute Gasteiger partial charge is 0.270 e. The van der Waals surface area contributed by atoms with Crippen LogP contribution in [-0.2, 0) is 0 Å². The summed E-state index contributed by atoms with van der Waals surface area (Å²) in [7, 11) is 1.56. The molecule has 0 atom stereocenters. The van der Waals surface area contributed by atoms with Crippen LogP contribution in [0.4, 0.5) is 8.78 Å². The Morgan fingerprint density at radius 3 is 1.33 bits per heavy atom. The zero-order chi connectivity index (χ0) is 10.2. The maximum Gasteiger partial charge on any atom is 0.270 e. The van der Waals surface area contributed by atoms with Crippen LogP contribution in [0.1, 0.15) is 34.6 Å². The molecule has 0 unspecified atom stereocenters. The maximum absolute atomic E-state index is 13.6. The van der Waals surface area contributed by atoms with Gasteiger partial charge in [0, 0.05) is 5.41 Å². The summed E-state index contributed by atoms with van der Waals surface area (Å²) in [4.78, 5) is 0. The molecule has 1 nitrogen and oxygen atoms in total. The van der Waals surface area contributed by atoms with E-state index in [4.69, 9.17) is 0 Å². The third-order valence-electron chi connectivity index (χ3n) is 2.35. The van der Waals surface area contributed by atoms with Gasteiger partial charge in [0.1, 0.15) is 0 Å². The average molecular weight is 179 g/mol. The van der Waals surface area contributed by atoms with Crippen LogP contribution in [0.2, 0.25) is 0 Å². The largest absolute Gasteiger partial charge is 0.310 e. The van der Waals surface area contributed by atoms with Gasteiger partial charge in [-0.1, -0.05) is 20.8 Å². The van der Waals surface area contributed by atoms with Crippen LogP contribution >= 0.6 is 0 Å². The molecule has 0 saturated carbocycles. The molecule has 0 bridgehead atoms. The molecule has 0 radical (unpaired) electrons. The maximum atomic E-state index is 13.6. The third kappa shape index (κ3) is 1.76. The Hall–Kier alpha value is -0.180. The van der Waals surface area contributed by atoms with Gasteiger partial charge in [-0.3, -0.25) is 0 Å². The first kappa shape index (κ1) is 11.8. The lowest BCUT2D eigenvalue weighted by Gasteiger charge is -2.42. The van der Waals surface area contributed by atoms with Crippen molar-refractivity contribution in [3.05, 3.63) is 0 Å². The zero-order valence-electron chi connectivity index (χ0n) is 8.76. The van der Waals surface area contributed by atoms with Gasteiger partial charge in [0.05, 0.1) is 5.54 Å². The molecule has 0 rings (SSSR count). The van der Waals surface area contributed by atoms with Crippen molar-refractivity contribution >= 4 is 0 Å². The second kappa shape index (κ2) is 2.95. The third-order valence-corrected chi connectivity index (χ3v) is 2.35. The summed E-state index contributed by atoms with van der Waals surface area (Å²) in [6.45, 7) is 7.67. The highest BCUT2D eigenvalue weighted by Crippen LogP contribution is 2.43. The summed E-state index contributed by atoms with van der Waals surface area (Å²) < 4.78 is 27.3. The van der Waals surface area contributed by atoms with Crippen LogP contribution in [0.25, 0.3) is 0 Å². The average Bonchev–Trinajstić information content (AvgIpc) is 1.85. The van der Waals surface area contributed by atoms with E-state index in [0.717, 1.165) is 0 Å². The Balaban J connectivity index is 4.85.